The van der Waals surface area contributed by atoms with Crippen molar-refractivity contribution in [3.05, 3.63) is 28.9 Å². The number of likely N-dealkylation sites (tertiary alicyclic amines) is 1. The number of imidazole rings is 1. The predicted molar refractivity (Wildman–Crippen MR) is 92.4 cm³/mol. The molecule has 3 rings (SSSR count). The van der Waals surface area contributed by atoms with E-state index in [0.717, 1.165) is 18.4 Å². The monoisotopic (exact) mass is 343 g/mol. The number of piperidine rings is 1. The van der Waals surface area contributed by atoms with E-state index in [1.807, 2.05) is 31.4 Å². The van der Waals surface area contributed by atoms with E-state index in [1.165, 1.54) is 0 Å². The zero-order valence-electron chi connectivity index (χ0n) is 14.6. The lowest BCUT2D eigenvalue weighted by atomic mass is 10.1. The number of fused-ring (bicyclic) bond motifs is 1. The third-order valence-corrected chi connectivity index (χ3v) is 4.02. The van der Waals surface area contributed by atoms with Crippen LogP contribution in [0.2, 0.25) is 0 Å². The van der Waals surface area contributed by atoms with Crippen LogP contribution in [0, 0.1) is 0 Å². The fraction of sp³-hybridized carbons (Fsp3) is 0.562. The van der Waals surface area contributed by atoms with Crippen LogP contribution in [0.5, 0.6) is 0 Å². The zero-order valence-corrected chi connectivity index (χ0v) is 14.6. The van der Waals surface area contributed by atoms with Crippen molar-refractivity contribution in [3.63, 3.8) is 0 Å². The van der Waals surface area contributed by atoms with E-state index >= 15 is 0 Å². The first-order chi connectivity index (χ1) is 11.9. The molecule has 1 saturated heterocycles. The summed E-state index contributed by atoms with van der Waals surface area (Å²) in [6, 6.07) is 1.81. The van der Waals surface area contributed by atoms with Gasteiger partial charge in [0.1, 0.15) is 11.1 Å². The van der Waals surface area contributed by atoms with Gasteiger partial charge in [0, 0.05) is 24.2 Å². The third-order valence-electron chi connectivity index (χ3n) is 4.02. The molecule has 9 heteroatoms. The number of azide groups is 1. The number of aromatic nitrogens is 3. The Bertz CT molecular complexity index is 833. The van der Waals surface area contributed by atoms with Gasteiger partial charge in [0.2, 0.25) is 0 Å². The van der Waals surface area contributed by atoms with Crippen molar-refractivity contribution in [2.45, 2.75) is 45.3 Å². The summed E-state index contributed by atoms with van der Waals surface area (Å²) in [7, 11) is 0. The highest BCUT2D eigenvalue weighted by Gasteiger charge is 2.30. The first-order valence-electron chi connectivity index (χ1n) is 8.24. The first kappa shape index (κ1) is 17.0. The molecule has 25 heavy (non-hydrogen) atoms. The van der Waals surface area contributed by atoms with Gasteiger partial charge in [-0.05, 0) is 50.3 Å². The Morgan fingerprint density at radius 3 is 3.00 bits per heavy atom. The first-order valence-corrected chi connectivity index (χ1v) is 8.24. The van der Waals surface area contributed by atoms with Gasteiger partial charge in [0.05, 0.1) is 17.8 Å². The number of ether oxygens (including phenoxy) is 1. The molecule has 0 spiro atoms. The van der Waals surface area contributed by atoms with E-state index in [2.05, 4.69) is 20.0 Å². The molecule has 9 nitrogen and oxygen atoms in total. The molecular formula is C16H21N7O2. The summed E-state index contributed by atoms with van der Waals surface area (Å²) < 4.78 is 7.37. The Kier molecular flexibility index (Phi) is 4.50. The van der Waals surface area contributed by atoms with Gasteiger partial charge in [-0.3, -0.25) is 4.98 Å². The van der Waals surface area contributed by atoms with Crippen LogP contribution in [0.25, 0.3) is 21.5 Å². The molecule has 0 saturated carbocycles. The summed E-state index contributed by atoms with van der Waals surface area (Å²) in [5, 5.41) is 3.72. The molecule has 1 amide bonds. The van der Waals surface area contributed by atoms with Gasteiger partial charge in [0.25, 0.3) is 0 Å². The van der Waals surface area contributed by atoms with E-state index < -0.39 is 5.60 Å². The average molecular weight is 343 g/mol. The summed E-state index contributed by atoms with van der Waals surface area (Å²) in [6.45, 7) is 6.68. The third kappa shape index (κ3) is 3.66. The molecule has 1 atom stereocenters. The maximum Gasteiger partial charge on any atom is 0.410 e. The van der Waals surface area contributed by atoms with E-state index in [4.69, 9.17) is 10.3 Å². The minimum Gasteiger partial charge on any atom is -0.444 e. The Hall–Kier alpha value is -2.80. The second kappa shape index (κ2) is 6.60. The van der Waals surface area contributed by atoms with E-state index in [1.54, 1.807) is 17.3 Å². The van der Waals surface area contributed by atoms with Crippen molar-refractivity contribution in [1.82, 2.24) is 19.4 Å². The number of pyridine rings is 1. The summed E-state index contributed by atoms with van der Waals surface area (Å²) >= 11 is 0. The second-order valence-electron chi connectivity index (χ2n) is 7.06. The average Bonchev–Trinajstić information content (AvgIpc) is 2.92. The van der Waals surface area contributed by atoms with Crippen molar-refractivity contribution in [2.24, 2.45) is 5.11 Å². The van der Waals surface area contributed by atoms with Crippen LogP contribution >= 0.6 is 0 Å². The number of nitrogens with zero attached hydrogens (tertiary/aromatic N) is 7. The Balaban J connectivity index is 1.91. The van der Waals surface area contributed by atoms with Gasteiger partial charge >= 0.3 is 6.09 Å². The van der Waals surface area contributed by atoms with Crippen molar-refractivity contribution < 1.29 is 9.53 Å². The molecule has 1 aliphatic rings. The SMILES string of the molecule is CC(C)(C)OC(=O)N1CCCC(n2c(N=[N+]=[N-])nc3cnccc32)C1. The minimum atomic E-state index is -0.534. The van der Waals surface area contributed by atoms with E-state index in [9.17, 15) is 4.79 Å². The standard InChI is InChI=1S/C16H21N7O2/c1-16(2,3)25-15(24)22-8-4-5-11(10-22)23-13-6-7-18-9-12(13)19-14(23)20-21-17/h6-7,9,11H,4-5,8,10H2,1-3H3. The Labute approximate surface area is 145 Å². The molecule has 0 bridgehead atoms. The summed E-state index contributed by atoms with van der Waals surface area (Å²) in [6.07, 6.45) is 4.69. The minimum absolute atomic E-state index is 0.0332. The highest BCUT2D eigenvalue weighted by Crippen LogP contribution is 2.31. The van der Waals surface area contributed by atoms with Crippen molar-refractivity contribution in [3.8, 4) is 0 Å². The molecule has 0 aliphatic carbocycles. The molecule has 132 valence electrons. The normalized spacial score (nSPS) is 18.0. The summed E-state index contributed by atoms with van der Waals surface area (Å²) in [4.78, 5) is 25.4. The van der Waals surface area contributed by atoms with Crippen molar-refractivity contribution in [2.75, 3.05) is 13.1 Å². The highest BCUT2D eigenvalue weighted by atomic mass is 16.6. The maximum absolute atomic E-state index is 12.4. The zero-order chi connectivity index (χ0) is 18.0. The molecule has 1 aliphatic heterocycles. The maximum atomic E-state index is 12.4. The number of hydrogen-bond acceptors (Lipinski definition) is 5. The smallest absolute Gasteiger partial charge is 0.410 e. The fourth-order valence-electron chi connectivity index (χ4n) is 3.07. The van der Waals surface area contributed by atoms with Gasteiger partial charge in [-0.1, -0.05) is 0 Å². The highest BCUT2D eigenvalue weighted by molar-refractivity contribution is 5.77. The van der Waals surface area contributed by atoms with Crippen LogP contribution in [-0.2, 0) is 4.74 Å². The quantitative estimate of drug-likeness (QED) is 0.467. The van der Waals surface area contributed by atoms with Crippen LogP contribution < -0.4 is 0 Å². The second-order valence-corrected chi connectivity index (χ2v) is 7.06. The lowest BCUT2D eigenvalue weighted by Crippen LogP contribution is -2.43. The number of carbonyl (C=O) groups excluding carboxylic acids is 1. The van der Waals surface area contributed by atoms with E-state index in [-0.39, 0.29) is 12.1 Å². The number of rotatable bonds is 2. The van der Waals surface area contributed by atoms with Crippen molar-refractivity contribution in [1.29, 1.82) is 0 Å². The lowest BCUT2D eigenvalue weighted by molar-refractivity contribution is 0.0175. The van der Waals surface area contributed by atoms with Gasteiger partial charge in [-0.25, -0.2) is 9.78 Å². The van der Waals surface area contributed by atoms with Crippen LogP contribution in [0.15, 0.2) is 23.6 Å². The van der Waals surface area contributed by atoms with Crippen LogP contribution in [-0.4, -0.2) is 44.2 Å². The van der Waals surface area contributed by atoms with Gasteiger partial charge in [0.15, 0.2) is 5.95 Å². The number of amides is 1. The lowest BCUT2D eigenvalue weighted by Gasteiger charge is -2.35. The van der Waals surface area contributed by atoms with Crippen LogP contribution in [0.1, 0.15) is 39.7 Å². The molecule has 0 aromatic carbocycles. The Morgan fingerprint density at radius 2 is 2.28 bits per heavy atom. The van der Waals surface area contributed by atoms with Crippen LogP contribution in [0.4, 0.5) is 10.7 Å². The molecule has 3 heterocycles. The topological polar surface area (TPSA) is 109 Å². The molecule has 2 aromatic heterocycles. The predicted octanol–water partition coefficient (Wildman–Crippen LogP) is 3.95. The number of carbonyl (C=O) groups is 1. The largest absolute Gasteiger partial charge is 0.444 e. The van der Waals surface area contributed by atoms with Gasteiger partial charge in [-0.2, -0.15) is 0 Å². The van der Waals surface area contributed by atoms with Gasteiger partial charge < -0.3 is 14.2 Å². The van der Waals surface area contributed by atoms with E-state index in [0.29, 0.717) is 24.6 Å². The molecule has 0 N–H and O–H groups in total. The molecule has 0 radical (unpaired) electrons. The van der Waals surface area contributed by atoms with Gasteiger partial charge in [-0.15, -0.1) is 0 Å². The molecule has 1 fully saturated rings. The molecular weight excluding hydrogens is 322 g/mol. The van der Waals surface area contributed by atoms with Crippen molar-refractivity contribution >= 4 is 23.1 Å². The fourth-order valence-corrected chi connectivity index (χ4v) is 3.07. The molecule has 1 unspecified atom stereocenters. The Morgan fingerprint density at radius 1 is 1.48 bits per heavy atom. The molecule has 2 aromatic rings. The number of hydrogen-bond donors (Lipinski definition) is 0. The van der Waals surface area contributed by atoms with Crippen LogP contribution in [0.3, 0.4) is 0 Å². The summed E-state index contributed by atoms with van der Waals surface area (Å²) in [5.74, 6) is 0.293. The summed E-state index contributed by atoms with van der Waals surface area (Å²) in [5.41, 5.74) is 9.81.